The molecule has 0 aromatic heterocycles. The standard InChI is InChI=1S/C10H17F2N3O2/c1-10(14,9(16)17)8(12)7(11)3-2-5-15-6-4-13/h4,13,15H,2-3,5-6,14H2,1H3,(H,16,17). The van der Waals surface area contributed by atoms with E-state index < -0.39 is 23.2 Å². The number of hydrogen-bond acceptors (Lipinski definition) is 4. The van der Waals surface area contributed by atoms with Gasteiger partial charge in [-0.25, -0.2) is 13.6 Å². The Morgan fingerprint density at radius 3 is 2.65 bits per heavy atom. The Hall–Kier alpha value is -1.34. The average molecular weight is 249 g/mol. The maximum absolute atomic E-state index is 13.3. The van der Waals surface area contributed by atoms with Gasteiger partial charge in [-0.3, -0.25) is 0 Å². The van der Waals surface area contributed by atoms with Crippen molar-refractivity contribution in [2.45, 2.75) is 25.3 Å². The number of carboxylic acids is 1. The minimum absolute atomic E-state index is 0.225. The Bertz CT molecular complexity index is 317. The van der Waals surface area contributed by atoms with Crippen LogP contribution < -0.4 is 11.1 Å². The van der Waals surface area contributed by atoms with Gasteiger partial charge >= 0.3 is 5.97 Å². The van der Waals surface area contributed by atoms with Gasteiger partial charge in [-0.2, -0.15) is 0 Å². The van der Waals surface area contributed by atoms with Gasteiger partial charge in [0.05, 0.1) is 0 Å². The first-order valence-electron chi connectivity index (χ1n) is 5.10. The Morgan fingerprint density at radius 1 is 1.59 bits per heavy atom. The fraction of sp³-hybridized carbons (Fsp3) is 0.600. The maximum Gasteiger partial charge on any atom is 0.330 e. The van der Waals surface area contributed by atoms with Crippen LogP contribution in [0.1, 0.15) is 19.8 Å². The predicted octanol–water partition coefficient (Wildman–Crippen LogP) is 0.958. The van der Waals surface area contributed by atoms with Gasteiger partial charge < -0.3 is 21.6 Å². The summed E-state index contributed by atoms with van der Waals surface area (Å²) in [6.45, 7) is 1.67. The van der Waals surface area contributed by atoms with Crippen LogP contribution in [0.3, 0.4) is 0 Å². The molecule has 0 radical (unpaired) electrons. The molecular weight excluding hydrogens is 232 g/mol. The summed E-state index contributed by atoms with van der Waals surface area (Å²) in [5, 5.41) is 18.1. The molecule has 0 bridgehead atoms. The number of aliphatic carboxylic acids is 1. The molecule has 0 rings (SSSR count). The van der Waals surface area contributed by atoms with Crippen molar-refractivity contribution in [1.82, 2.24) is 5.32 Å². The highest BCUT2D eigenvalue weighted by Crippen LogP contribution is 2.23. The van der Waals surface area contributed by atoms with Crippen molar-refractivity contribution in [3.05, 3.63) is 11.7 Å². The van der Waals surface area contributed by atoms with Crippen molar-refractivity contribution in [2.24, 2.45) is 5.73 Å². The van der Waals surface area contributed by atoms with Crippen LogP contribution in [0.2, 0.25) is 0 Å². The highest BCUT2D eigenvalue weighted by molar-refractivity contribution is 5.81. The molecule has 1 unspecified atom stereocenters. The van der Waals surface area contributed by atoms with E-state index in [0.717, 1.165) is 13.1 Å². The minimum atomic E-state index is -2.33. The Labute approximate surface area is 98.2 Å². The molecule has 98 valence electrons. The van der Waals surface area contributed by atoms with E-state index in [4.69, 9.17) is 16.2 Å². The lowest BCUT2D eigenvalue weighted by atomic mass is 10.0. The Balaban J connectivity index is 4.31. The second-order valence-electron chi connectivity index (χ2n) is 3.74. The lowest BCUT2D eigenvalue weighted by Crippen LogP contribution is -2.46. The molecule has 0 saturated carbocycles. The summed E-state index contributed by atoms with van der Waals surface area (Å²) in [6, 6.07) is 0. The smallest absolute Gasteiger partial charge is 0.330 e. The number of nitrogens with two attached hydrogens (primary N) is 1. The molecule has 1 atom stereocenters. The molecule has 0 aliphatic heterocycles. The SMILES string of the molecule is CC(N)(C(=O)O)C(F)=C(F)CCCNCC=N. The van der Waals surface area contributed by atoms with Gasteiger partial charge in [0.15, 0.2) is 11.4 Å². The van der Waals surface area contributed by atoms with E-state index in [1.54, 1.807) is 0 Å². The first kappa shape index (κ1) is 15.7. The third kappa shape index (κ3) is 5.01. The maximum atomic E-state index is 13.3. The largest absolute Gasteiger partial charge is 0.480 e. The number of hydrogen-bond donors (Lipinski definition) is 4. The second kappa shape index (κ2) is 7.08. The number of allylic oxidation sites excluding steroid dienone is 1. The summed E-state index contributed by atoms with van der Waals surface area (Å²) in [4.78, 5) is 10.6. The fourth-order valence-electron chi connectivity index (χ4n) is 1.03. The molecule has 0 aliphatic carbocycles. The van der Waals surface area contributed by atoms with E-state index in [1.807, 2.05) is 0 Å². The third-order valence-corrected chi connectivity index (χ3v) is 2.13. The highest BCUT2D eigenvalue weighted by Gasteiger charge is 2.36. The Morgan fingerprint density at radius 2 is 2.18 bits per heavy atom. The van der Waals surface area contributed by atoms with Gasteiger partial charge in [0.1, 0.15) is 5.83 Å². The molecule has 0 heterocycles. The van der Waals surface area contributed by atoms with Gasteiger partial charge in [-0.1, -0.05) is 0 Å². The van der Waals surface area contributed by atoms with Crippen molar-refractivity contribution in [1.29, 1.82) is 5.41 Å². The molecule has 17 heavy (non-hydrogen) atoms. The Kier molecular flexibility index (Phi) is 6.52. The highest BCUT2D eigenvalue weighted by atomic mass is 19.2. The predicted molar refractivity (Wildman–Crippen MR) is 60.4 cm³/mol. The van der Waals surface area contributed by atoms with E-state index in [2.05, 4.69) is 5.32 Å². The van der Waals surface area contributed by atoms with Crippen LogP contribution in [0.4, 0.5) is 8.78 Å². The molecule has 0 spiro atoms. The van der Waals surface area contributed by atoms with Crippen LogP contribution in [0.15, 0.2) is 11.7 Å². The van der Waals surface area contributed by atoms with Crippen LogP contribution in [0, 0.1) is 5.41 Å². The number of carboxylic acid groups (broad SMARTS) is 1. The average Bonchev–Trinajstić information content (AvgIpc) is 2.27. The zero-order valence-electron chi connectivity index (χ0n) is 9.59. The van der Waals surface area contributed by atoms with Crippen molar-refractivity contribution in [3.8, 4) is 0 Å². The molecule has 0 aromatic rings. The van der Waals surface area contributed by atoms with E-state index in [1.165, 1.54) is 0 Å². The van der Waals surface area contributed by atoms with Crippen LogP contribution in [-0.2, 0) is 4.79 Å². The van der Waals surface area contributed by atoms with Crippen molar-refractivity contribution in [2.75, 3.05) is 13.1 Å². The number of carbonyl (C=O) groups is 1. The first-order valence-corrected chi connectivity index (χ1v) is 5.10. The summed E-state index contributed by atoms with van der Waals surface area (Å²) in [7, 11) is 0. The molecule has 0 fully saturated rings. The van der Waals surface area contributed by atoms with E-state index in [-0.39, 0.29) is 6.42 Å². The molecule has 0 saturated heterocycles. The normalized spacial score (nSPS) is 16.0. The van der Waals surface area contributed by atoms with Crippen LogP contribution in [-0.4, -0.2) is 35.9 Å². The number of rotatable bonds is 8. The van der Waals surface area contributed by atoms with E-state index in [0.29, 0.717) is 19.5 Å². The molecule has 0 aromatic carbocycles. The first-order chi connectivity index (χ1) is 7.84. The lowest BCUT2D eigenvalue weighted by molar-refractivity contribution is -0.141. The zero-order chi connectivity index (χ0) is 13.5. The molecular formula is C10H17F2N3O2. The summed E-state index contributed by atoms with van der Waals surface area (Å²) < 4.78 is 26.6. The van der Waals surface area contributed by atoms with Gasteiger partial charge in [0.2, 0.25) is 0 Å². The van der Waals surface area contributed by atoms with Crippen LogP contribution in [0.25, 0.3) is 0 Å². The monoisotopic (exact) mass is 249 g/mol. The number of halogens is 2. The van der Waals surface area contributed by atoms with E-state index >= 15 is 0 Å². The molecule has 5 N–H and O–H groups in total. The van der Waals surface area contributed by atoms with Gasteiger partial charge in [-0.15, -0.1) is 0 Å². The molecule has 5 nitrogen and oxygen atoms in total. The van der Waals surface area contributed by atoms with Crippen LogP contribution in [0.5, 0.6) is 0 Å². The number of nitrogens with one attached hydrogen (secondary N) is 2. The fourth-order valence-corrected chi connectivity index (χ4v) is 1.03. The summed E-state index contributed by atoms with van der Waals surface area (Å²) in [5.41, 5.74) is 2.81. The summed E-state index contributed by atoms with van der Waals surface area (Å²) in [6.07, 6.45) is 1.22. The van der Waals surface area contributed by atoms with Crippen molar-refractivity contribution >= 4 is 12.2 Å². The summed E-state index contributed by atoms with van der Waals surface area (Å²) in [5.74, 6) is -4.21. The zero-order valence-corrected chi connectivity index (χ0v) is 9.59. The van der Waals surface area contributed by atoms with Crippen molar-refractivity contribution in [3.63, 3.8) is 0 Å². The van der Waals surface area contributed by atoms with Gasteiger partial charge in [0.25, 0.3) is 0 Å². The molecule has 7 heteroatoms. The van der Waals surface area contributed by atoms with Gasteiger partial charge in [0, 0.05) is 19.2 Å². The molecule has 0 amide bonds. The minimum Gasteiger partial charge on any atom is -0.480 e. The van der Waals surface area contributed by atoms with Crippen molar-refractivity contribution < 1.29 is 18.7 Å². The van der Waals surface area contributed by atoms with Gasteiger partial charge in [-0.05, 0) is 19.9 Å². The van der Waals surface area contributed by atoms with Crippen LogP contribution >= 0.6 is 0 Å². The second-order valence-corrected chi connectivity index (χ2v) is 3.74. The molecule has 0 aliphatic rings. The topological polar surface area (TPSA) is 99.2 Å². The summed E-state index contributed by atoms with van der Waals surface area (Å²) >= 11 is 0. The quantitative estimate of drug-likeness (QED) is 0.380. The lowest BCUT2D eigenvalue weighted by Gasteiger charge is -2.17. The third-order valence-electron chi connectivity index (χ3n) is 2.13. The van der Waals surface area contributed by atoms with E-state index in [9.17, 15) is 13.6 Å².